The summed E-state index contributed by atoms with van der Waals surface area (Å²) in [6.07, 6.45) is -0.753. The van der Waals surface area contributed by atoms with Crippen LogP contribution in [0, 0.1) is 12.5 Å². The Morgan fingerprint density at radius 1 is 1.27 bits per heavy atom. The van der Waals surface area contributed by atoms with E-state index in [1.54, 1.807) is 13.8 Å². The van der Waals surface area contributed by atoms with E-state index in [0.29, 0.717) is 0 Å². The molecule has 0 saturated heterocycles. The third kappa shape index (κ3) is 7.16. The van der Waals surface area contributed by atoms with E-state index in [4.69, 9.17) is 4.74 Å². The number of hydrogen-bond donors (Lipinski definition) is 0. The van der Waals surface area contributed by atoms with Crippen molar-refractivity contribution in [2.75, 3.05) is 0 Å². The van der Waals surface area contributed by atoms with E-state index in [-0.39, 0.29) is 12.0 Å². The molecule has 0 aliphatic heterocycles. The molecular weight excluding hydrogens is 144 g/mol. The molecule has 0 spiro atoms. The molecule has 0 aromatic carbocycles. The van der Waals surface area contributed by atoms with Gasteiger partial charge in [-0.3, -0.25) is 0 Å². The lowest BCUT2D eigenvalue weighted by molar-refractivity contribution is 0.0460. The van der Waals surface area contributed by atoms with Crippen molar-refractivity contribution >= 4 is 6.16 Å². The Hall–Kier alpha value is -0.730. The number of carbonyl (C=O) groups is 1. The summed E-state index contributed by atoms with van der Waals surface area (Å²) in [5, 5.41) is 0. The van der Waals surface area contributed by atoms with Crippen LogP contribution < -0.4 is 0 Å². The van der Waals surface area contributed by atoms with Gasteiger partial charge in [0.1, 0.15) is 6.61 Å². The van der Waals surface area contributed by atoms with Gasteiger partial charge < -0.3 is 9.47 Å². The first kappa shape index (κ1) is 10.3. The Morgan fingerprint density at radius 3 is 2.18 bits per heavy atom. The first-order valence-electron chi connectivity index (χ1n) is 3.73. The fraction of sp³-hybridized carbons (Fsp3) is 0.750. The largest absolute Gasteiger partial charge is 0.508 e. The highest BCUT2D eigenvalue weighted by Gasteiger charge is 2.07. The molecule has 0 atom stereocenters. The quantitative estimate of drug-likeness (QED) is 0.593. The van der Waals surface area contributed by atoms with E-state index in [1.165, 1.54) is 6.61 Å². The van der Waals surface area contributed by atoms with Gasteiger partial charge >= 0.3 is 6.16 Å². The lowest BCUT2D eigenvalue weighted by Crippen LogP contribution is -2.12. The second kappa shape index (κ2) is 4.99. The van der Waals surface area contributed by atoms with Gasteiger partial charge in [-0.25, -0.2) is 4.79 Å². The van der Waals surface area contributed by atoms with E-state index in [2.05, 4.69) is 4.74 Å². The molecule has 11 heavy (non-hydrogen) atoms. The molecule has 0 amide bonds. The highest BCUT2D eigenvalue weighted by atomic mass is 16.7. The molecule has 0 aromatic heterocycles. The molecule has 0 bridgehead atoms. The van der Waals surface area contributed by atoms with Crippen LogP contribution in [0.25, 0.3) is 0 Å². The Bertz CT molecular complexity index is 119. The van der Waals surface area contributed by atoms with Crippen molar-refractivity contribution in [3.8, 4) is 0 Å². The van der Waals surface area contributed by atoms with Gasteiger partial charge in [-0.05, 0) is 19.8 Å². The zero-order chi connectivity index (χ0) is 8.85. The van der Waals surface area contributed by atoms with Gasteiger partial charge in [-0.15, -0.1) is 0 Å². The van der Waals surface area contributed by atoms with Crippen molar-refractivity contribution in [1.82, 2.24) is 0 Å². The highest BCUT2D eigenvalue weighted by Crippen LogP contribution is 2.01. The van der Waals surface area contributed by atoms with Crippen LogP contribution in [-0.2, 0) is 9.47 Å². The van der Waals surface area contributed by atoms with Gasteiger partial charge in [0.05, 0.1) is 6.10 Å². The fourth-order valence-electron chi connectivity index (χ4n) is 0.412. The molecule has 0 heterocycles. The van der Waals surface area contributed by atoms with Crippen molar-refractivity contribution in [2.45, 2.75) is 33.8 Å². The maximum Gasteiger partial charge on any atom is 0.508 e. The van der Waals surface area contributed by atoms with Crippen molar-refractivity contribution in [2.24, 2.45) is 5.92 Å². The average molecular weight is 159 g/mol. The van der Waals surface area contributed by atoms with Gasteiger partial charge in [-0.2, -0.15) is 0 Å². The van der Waals surface area contributed by atoms with Crippen LogP contribution >= 0.6 is 0 Å². The SMILES string of the molecule is CC(C)[CH]OC(=O)OC(C)C. The molecular formula is C8H15O3. The second-order valence-corrected chi connectivity index (χ2v) is 2.91. The average Bonchev–Trinajstić information content (AvgIpc) is 1.82. The zero-order valence-electron chi connectivity index (χ0n) is 7.46. The first-order valence-corrected chi connectivity index (χ1v) is 3.73. The smallest absolute Gasteiger partial charge is 0.432 e. The van der Waals surface area contributed by atoms with E-state index in [0.717, 1.165) is 0 Å². The lowest BCUT2D eigenvalue weighted by atomic mass is 10.2. The molecule has 0 rings (SSSR count). The van der Waals surface area contributed by atoms with E-state index >= 15 is 0 Å². The standard InChI is InChI=1S/C8H15O3/c1-6(2)5-10-8(9)11-7(3)4/h5-7H,1-4H3. The summed E-state index contributed by atoms with van der Waals surface area (Å²) in [4.78, 5) is 10.7. The number of carbonyl (C=O) groups excluding carboxylic acids is 1. The van der Waals surface area contributed by atoms with Gasteiger partial charge in [-0.1, -0.05) is 13.8 Å². The van der Waals surface area contributed by atoms with Crippen LogP contribution in [0.5, 0.6) is 0 Å². The normalized spacial score (nSPS) is 10.4. The minimum Gasteiger partial charge on any atom is -0.432 e. The van der Waals surface area contributed by atoms with Crippen LogP contribution in [0.15, 0.2) is 0 Å². The topological polar surface area (TPSA) is 35.5 Å². The van der Waals surface area contributed by atoms with Crippen LogP contribution in [-0.4, -0.2) is 12.3 Å². The fourth-order valence-corrected chi connectivity index (χ4v) is 0.412. The van der Waals surface area contributed by atoms with E-state index < -0.39 is 6.16 Å². The first-order chi connectivity index (χ1) is 5.02. The minimum absolute atomic E-state index is 0.122. The predicted molar refractivity (Wildman–Crippen MR) is 41.8 cm³/mol. The van der Waals surface area contributed by atoms with Crippen LogP contribution in [0.1, 0.15) is 27.7 Å². The third-order valence-corrected chi connectivity index (χ3v) is 0.768. The number of rotatable bonds is 3. The van der Waals surface area contributed by atoms with Crippen LogP contribution in [0.3, 0.4) is 0 Å². The molecule has 65 valence electrons. The van der Waals surface area contributed by atoms with Crippen molar-refractivity contribution in [3.63, 3.8) is 0 Å². The van der Waals surface area contributed by atoms with Crippen LogP contribution in [0.2, 0.25) is 0 Å². The molecule has 0 aliphatic rings. The Labute approximate surface area is 67.7 Å². The van der Waals surface area contributed by atoms with Gasteiger partial charge in [0.25, 0.3) is 0 Å². The van der Waals surface area contributed by atoms with E-state index in [9.17, 15) is 4.79 Å². The Morgan fingerprint density at radius 2 is 1.82 bits per heavy atom. The third-order valence-electron chi connectivity index (χ3n) is 0.768. The molecule has 0 fully saturated rings. The van der Waals surface area contributed by atoms with Crippen molar-refractivity contribution < 1.29 is 14.3 Å². The van der Waals surface area contributed by atoms with Gasteiger partial charge in [0.15, 0.2) is 0 Å². The summed E-state index contributed by atoms with van der Waals surface area (Å²) in [7, 11) is 0. The molecule has 0 unspecified atom stereocenters. The van der Waals surface area contributed by atoms with Gasteiger partial charge in [0, 0.05) is 0 Å². The minimum atomic E-state index is -0.631. The molecule has 0 saturated carbocycles. The molecule has 3 heteroatoms. The summed E-state index contributed by atoms with van der Waals surface area (Å²) in [6.45, 7) is 8.84. The summed E-state index contributed by atoms with van der Waals surface area (Å²) >= 11 is 0. The number of ether oxygens (including phenoxy) is 2. The molecule has 0 aliphatic carbocycles. The van der Waals surface area contributed by atoms with Crippen molar-refractivity contribution in [3.05, 3.63) is 6.61 Å². The summed E-state index contributed by atoms with van der Waals surface area (Å²) in [5.74, 6) is 0.231. The summed E-state index contributed by atoms with van der Waals surface area (Å²) in [5.41, 5.74) is 0. The summed E-state index contributed by atoms with van der Waals surface area (Å²) < 4.78 is 9.34. The lowest BCUT2D eigenvalue weighted by Gasteiger charge is -2.08. The zero-order valence-corrected chi connectivity index (χ0v) is 7.46. The van der Waals surface area contributed by atoms with Crippen molar-refractivity contribution in [1.29, 1.82) is 0 Å². The second-order valence-electron chi connectivity index (χ2n) is 2.91. The molecule has 0 N–H and O–H groups in total. The molecule has 1 radical (unpaired) electrons. The van der Waals surface area contributed by atoms with Crippen LogP contribution in [0.4, 0.5) is 4.79 Å². The maximum atomic E-state index is 10.7. The highest BCUT2D eigenvalue weighted by molar-refractivity contribution is 5.60. The Balaban J connectivity index is 3.38. The summed E-state index contributed by atoms with van der Waals surface area (Å²) in [6, 6.07) is 0. The predicted octanol–water partition coefficient (Wildman–Crippen LogP) is 2.37. The monoisotopic (exact) mass is 159 g/mol. The molecule has 3 nitrogen and oxygen atoms in total. The Kier molecular flexibility index (Phi) is 4.66. The molecule has 0 aromatic rings. The maximum absolute atomic E-state index is 10.7. The van der Waals surface area contributed by atoms with E-state index in [1.807, 2.05) is 13.8 Å². The van der Waals surface area contributed by atoms with Gasteiger partial charge in [0.2, 0.25) is 0 Å². The number of hydrogen-bond acceptors (Lipinski definition) is 3.